The van der Waals surface area contributed by atoms with Crippen molar-refractivity contribution in [3.8, 4) is 0 Å². The molecule has 116 valence electrons. The fourth-order valence-corrected chi connectivity index (χ4v) is 3.49. The van der Waals surface area contributed by atoms with Crippen LogP contribution in [-0.2, 0) is 18.3 Å². The number of nitrogens with zero attached hydrogens (tertiary/aromatic N) is 4. The largest absolute Gasteiger partial charge is 0.697 e. The first-order valence-corrected chi connectivity index (χ1v) is 7.74. The predicted octanol–water partition coefficient (Wildman–Crippen LogP) is 1.37. The molecule has 2 aliphatic rings. The number of nitrogens with two attached hydrogens (primary N) is 1. The smallest absolute Gasteiger partial charge is 0.382 e. The fourth-order valence-electron chi connectivity index (χ4n) is 2.54. The number of nitrogen functional groups attached to an aromatic ring is 1. The van der Waals surface area contributed by atoms with E-state index < -0.39 is 32.9 Å². The van der Waals surface area contributed by atoms with E-state index in [0.29, 0.717) is 5.52 Å². The first-order chi connectivity index (χ1) is 10.5. The van der Waals surface area contributed by atoms with Gasteiger partial charge in [-0.05, 0) is 11.6 Å². The molecule has 0 saturated carbocycles. The van der Waals surface area contributed by atoms with Crippen molar-refractivity contribution in [3.63, 3.8) is 0 Å². The Morgan fingerprint density at radius 2 is 2.32 bits per heavy atom. The van der Waals surface area contributed by atoms with Gasteiger partial charge in [0, 0.05) is 4.57 Å². The predicted molar refractivity (Wildman–Crippen MR) is 72.0 cm³/mol. The highest BCUT2D eigenvalue weighted by Crippen LogP contribution is 2.44. The van der Waals surface area contributed by atoms with Crippen molar-refractivity contribution in [2.45, 2.75) is 24.6 Å². The summed E-state index contributed by atoms with van der Waals surface area (Å²) in [6.45, 7) is -0.0126. The Morgan fingerprint density at radius 3 is 3.14 bits per heavy atom. The Balaban J connectivity index is 1.75. The molecule has 2 aliphatic heterocycles. The third kappa shape index (κ3) is 2.07. The van der Waals surface area contributed by atoms with Crippen LogP contribution in [0.3, 0.4) is 0 Å². The van der Waals surface area contributed by atoms with Crippen LogP contribution in [0, 0.1) is 0 Å². The molecule has 0 bridgehead atoms. The van der Waals surface area contributed by atoms with Crippen LogP contribution in [0.2, 0.25) is 5.28 Å². The summed E-state index contributed by atoms with van der Waals surface area (Å²) < 4.78 is 42.6. The molecular weight excluding hydrogens is 340 g/mol. The van der Waals surface area contributed by atoms with E-state index in [2.05, 4.69) is 15.0 Å². The molecule has 2 saturated heterocycles. The van der Waals surface area contributed by atoms with Gasteiger partial charge in [0.25, 0.3) is 0 Å². The first kappa shape index (κ1) is 14.2. The van der Waals surface area contributed by atoms with Crippen LogP contribution in [0.4, 0.5) is 10.2 Å². The minimum absolute atomic E-state index is 0.0126. The van der Waals surface area contributed by atoms with Crippen LogP contribution < -0.4 is 5.73 Å². The monoisotopic (exact) mass is 348 g/mol. The number of hydrogen-bond acceptors (Lipinski definition) is 8. The summed E-state index contributed by atoms with van der Waals surface area (Å²) in [6.07, 6.45) is -2.94. The lowest BCUT2D eigenvalue weighted by Crippen LogP contribution is -2.35. The number of alkyl halides is 1. The van der Waals surface area contributed by atoms with E-state index in [0.717, 1.165) is 0 Å². The molecule has 0 radical (unpaired) electrons. The molecule has 2 fully saturated rings. The molecule has 9 nitrogen and oxygen atoms in total. The van der Waals surface area contributed by atoms with Crippen molar-refractivity contribution in [3.05, 3.63) is 11.6 Å². The highest BCUT2D eigenvalue weighted by Gasteiger charge is 2.56. The van der Waals surface area contributed by atoms with E-state index in [1.807, 2.05) is 0 Å². The highest BCUT2D eigenvalue weighted by molar-refractivity contribution is 7.33. The lowest BCUT2D eigenvalue weighted by molar-refractivity contribution is -0.0533. The number of aromatic nitrogens is 4. The average molecular weight is 349 g/mol. The van der Waals surface area contributed by atoms with E-state index >= 15 is 0 Å². The number of imidazole rings is 1. The van der Waals surface area contributed by atoms with E-state index in [1.165, 1.54) is 10.9 Å². The van der Waals surface area contributed by atoms with Crippen molar-refractivity contribution in [1.82, 2.24) is 19.5 Å². The Bertz CT molecular complexity index is 775. The van der Waals surface area contributed by atoms with Gasteiger partial charge in [-0.25, -0.2) is 9.37 Å². The summed E-state index contributed by atoms with van der Waals surface area (Å²) in [4.78, 5) is 11.8. The van der Waals surface area contributed by atoms with Gasteiger partial charge >= 0.3 is 8.25 Å². The molecule has 12 heteroatoms. The molecule has 4 heterocycles. The zero-order chi connectivity index (χ0) is 15.4. The standard InChI is InChI=1S/C10H9ClFN5O4P/c11-10-15-7(13)5-8(16-10)17(2-14-5)9-4(12)6-3(20-9)1-19-22(18)21-6/h2-4,6,9H,1H2,(H2,13,15,16)/q+1/t3?,4-,6+,9+/m0/s1. The molecular formula is C10H9ClFN5O4P+. The van der Waals surface area contributed by atoms with Crippen molar-refractivity contribution in [2.75, 3.05) is 12.3 Å². The summed E-state index contributed by atoms with van der Waals surface area (Å²) in [7, 11) is -2.33. The van der Waals surface area contributed by atoms with Gasteiger partial charge < -0.3 is 10.5 Å². The van der Waals surface area contributed by atoms with Crippen molar-refractivity contribution < 1.29 is 22.7 Å². The summed E-state index contributed by atoms with van der Waals surface area (Å²) in [5.41, 5.74) is 6.24. The highest BCUT2D eigenvalue weighted by atomic mass is 35.5. The maximum Gasteiger partial charge on any atom is 0.697 e. The van der Waals surface area contributed by atoms with Crippen LogP contribution in [0.25, 0.3) is 11.2 Å². The van der Waals surface area contributed by atoms with Gasteiger partial charge in [-0.15, -0.1) is 9.05 Å². The molecule has 0 aliphatic carbocycles. The molecule has 0 aromatic carbocycles. The second-order valence-corrected chi connectivity index (χ2v) is 6.06. The van der Waals surface area contributed by atoms with Crippen LogP contribution in [0.5, 0.6) is 0 Å². The third-order valence-electron chi connectivity index (χ3n) is 3.51. The second-order valence-electron chi connectivity index (χ2n) is 4.80. The lowest BCUT2D eigenvalue weighted by Gasteiger charge is -2.14. The quantitative estimate of drug-likeness (QED) is 0.607. The van der Waals surface area contributed by atoms with E-state index in [4.69, 9.17) is 31.1 Å². The van der Waals surface area contributed by atoms with Crippen LogP contribution in [0.15, 0.2) is 6.33 Å². The number of fused-ring (bicyclic) bond motifs is 2. The van der Waals surface area contributed by atoms with E-state index in [9.17, 15) is 8.96 Å². The number of rotatable bonds is 1. The van der Waals surface area contributed by atoms with E-state index in [1.54, 1.807) is 0 Å². The zero-order valence-corrected chi connectivity index (χ0v) is 12.4. The Kier molecular flexibility index (Phi) is 3.24. The van der Waals surface area contributed by atoms with Crippen molar-refractivity contribution in [1.29, 1.82) is 0 Å². The maximum absolute atomic E-state index is 14.6. The average Bonchev–Trinajstić information content (AvgIpc) is 3.01. The van der Waals surface area contributed by atoms with Gasteiger partial charge in [-0.3, -0.25) is 4.57 Å². The van der Waals surface area contributed by atoms with E-state index in [-0.39, 0.29) is 23.4 Å². The lowest BCUT2D eigenvalue weighted by atomic mass is 10.1. The Morgan fingerprint density at radius 1 is 1.50 bits per heavy atom. The number of anilines is 1. The molecule has 2 aromatic rings. The normalized spacial score (nSPS) is 33.3. The third-order valence-corrected chi connectivity index (χ3v) is 4.46. The fraction of sp³-hybridized carbons (Fsp3) is 0.500. The molecule has 2 N–H and O–H groups in total. The summed E-state index contributed by atoms with van der Waals surface area (Å²) in [5, 5.41) is -0.0831. The van der Waals surface area contributed by atoms with Crippen molar-refractivity contribution >= 4 is 36.8 Å². The van der Waals surface area contributed by atoms with Gasteiger partial charge in [-0.2, -0.15) is 9.97 Å². The Hall–Kier alpha value is -1.45. The maximum atomic E-state index is 14.6. The summed E-state index contributed by atoms with van der Waals surface area (Å²) in [5.74, 6) is 0.0854. The van der Waals surface area contributed by atoms with Gasteiger partial charge in [0.2, 0.25) is 5.28 Å². The van der Waals surface area contributed by atoms with Gasteiger partial charge in [0.1, 0.15) is 18.2 Å². The number of halogens is 2. The van der Waals surface area contributed by atoms with Crippen LogP contribution in [-0.4, -0.2) is 44.5 Å². The molecule has 22 heavy (non-hydrogen) atoms. The molecule has 2 aromatic heterocycles. The minimum Gasteiger partial charge on any atom is -0.382 e. The zero-order valence-electron chi connectivity index (χ0n) is 10.8. The molecule has 4 rings (SSSR count). The first-order valence-electron chi connectivity index (χ1n) is 6.26. The van der Waals surface area contributed by atoms with Gasteiger partial charge in [-0.1, -0.05) is 0 Å². The van der Waals surface area contributed by atoms with Gasteiger partial charge in [0.05, 0.1) is 6.33 Å². The molecule has 0 spiro atoms. The molecule has 2 unspecified atom stereocenters. The SMILES string of the molecule is Nc1nc(Cl)nc2c1ncn2[C@@H]1OC2CO[P+](=O)O[C@H]2[C@@H]1F. The summed E-state index contributed by atoms with van der Waals surface area (Å²) >= 11 is 5.78. The Labute approximate surface area is 128 Å². The van der Waals surface area contributed by atoms with Crippen molar-refractivity contribution in [2.24, 2.45) is 0 Å². The van der Waals surface area contributed by atoms with Crippen LogP contribution in [0.1, 0.15) is 6.23 Å². The topological polar surface area (TPSA) is 114 Å². The molecule has 0 amide bonds. The minimum atomic E-state index is -2.33. The molecule has 5 atom stereocenters. The number of hydrogen-bond donors (Lipinski definition) is 1. The summed E-state index contributed by atoms with van der Waals surface area (Å²) in [6, 6.07) is 0. The van der Waals surface area contributed by atoms with Gasteiger partial charge in [0.15, 0.2) is 30.0 Å². The number of ether oxygens (including phenoxy) is 1. The second kappa shape index (κ2) is 5.04. The van der Waals surface area contributed by atoms with Crippen LogP contribution >= 0.6 is 19.9 Å².